The molecule has 5 nitrogen and oxygen atoms in total. The number of rotatable bonds is 4. The number of fused-ring (bicyclic) bond motifs is 3. The fourth-order valence-electron chi connectivity index (χ4n) is 2.96. The fraction of sp³-hybridized carbons (Fsp3) is 0.235. The van der Waals surface area contributed by atoms with Gasteiger partial charge in [-0.1, -0.05) is 16.8 Å². The smallest absolute Gasteiger partial charge is 0.133 e. The van der Waals surface area contributed by atoms with Crippen molar-refractivity contribution in [3.05, 3.63) is 52.8 Å². The van der Waals surface area contributed by atoms with Crippen LogP contribution in [0.25, 0.3) is 21.9 Å². The lowest BCUT2D eigenvalue weighted by atomic mass is 10.2. The van der Waals surface area contributed by atoms with Crippen molar-refractivity contribution in [2.45, 2.75) is 19.9 Å². The quantitative estimate of drug-likeness (QED) is 0.559. The largest absolute Gasteiger partial charge is 0.361 e. The molecule has 0 aliphatic carbocycles. The van der Waals surface area contributed by atoms with Gasteiger partial charge in [-0.3, -0.25) is 4.98 Å². The van der Waals surface area contributed by atoms with Crippen LogP contribution in [0.2, 0.25) is 5.02 Å². The van der Waals surface area contributed by atoms with Gasteiger partial charge in [0.05, 0.1) is 35.9 Å². The number of hydrogen-bond donors (Lipinski definition) is 0. The molecule has 0 radical (unpaired) electrons. The van der Waals surface area contributed by atoms with Crippen molar-refractivity contribution in [3.8, 4) is 0 Å². The number of imidazole rings is 1. The lowest BCUT2D eigenvalue weighted by Crippen LogP contribution is -2.06. The average molecular weight is 345 g/mol. The lowest BCUT2D eigenvalue weighted by Gasteiger charge is -2.07. The highest BCUT2D eigenvalue weighted by Gasteiger charge is 2.16. The number of benzene rings is 1. The van der Waals surface area contributed by atoms with E-state index in [0.717, 1.165) is 33.7 Å². The second-order valence-electron chi connectivity index (χ2n) is 5.63. The Balaban J connectivity index is 1.95. The molecular weight excluding hydrogens is 331 g/mol. The Morgan fingerprint density at radius 2 is 2.12 bits per heavy atom. The molecule has 3 aromatic heterocycles. The molecule has 1 aromatic carbocycles. The average Bonchev–Trinajstić information content (AvgIpc) is 3.12. The number of halogens is 2. The van der Waals surface area contributed by atoms with Crippen molar-refractivity contribution in [1.82, 2.24) is 19.7 Å². The first-order chi connectivity index (χ1) is 11.7. The molecule has 0 bridgehead atoms. The topological polar surface area (TPSA) is 56.7 Å². The highest BCUT2D eigenvalue weighted by molar-refractivity contribution is 6.31. The molecule has 0 unspecified atom stereocenters. The molecule has 4 rings (SSSR count). The summed E-state index contributed by atoms with van der Waals surface area (Å²) in [5, 5.41) is 5.47. The van der Waals surface area contributed by atoms with Gasteiger partial charge in [-0.05, 0) is 25.1 Å². The molecule has 0 fully saturated rings. The van der Waals surface area contributed by atoms with Crippen LogP contribution in [-0.4, -0.2) is 26.4 Å². The molecule has 24 heavy (non-hydrogen) atoms. The van der Waals surface area contributed by atoms with E-state index in [1.807, 2.05) is 29.7 Å². The van der Waals surface area contributed by atoms with Crippen LogP contribution in [0.4, 0.5) is 4.39 Å². The minimum Gasteiger partial charge on any atom is -0.361 e. The molecule has 0 spiro atoms. The Morgan fingerprint density at radius 1 is 1.25 bits per heavy atom. The second kappa shape index (κ2) is 5.87. The van der Waals surface area contributed by atoms with E-state index >= 15 is 0 Å². The maximum atomic E-state index is 13.2. The van der Waals surface area contributed by atoms with E-state index in [4.69, 9.17) is 16.1 Å². The van der Waals surface area contributed by atoms with Crippen LogP contribution >= 0.6 is 11.6 Å². The van der Waals surface area contributed by atoms with E-state index in [-0.39, 0.29) is 6.54 Å². The molecule has 4 aromatic rings. The van der Waals surface area contributed by atoms with E-state index in [0.29, 0.717) is 17.0 Å². The number of alkyl halides is 1. The van der Waals surface area contributed by atoms with Gasteiger partial charge in [-0.15, -0.1) is 0 Å². The van der Waals surface area contributed by atoms with Crippen molar-refractivity contribution >= 4 is 33.5 Å². The summed E-state index contributed by atoms with van der Waals surface area (Å²) >= 11 is 6.13. The van der Waals surface area contributed by atoms with Gasteiger partial charge in [0, 0.05) is 16.5 Å². The molecule has 0 saturated heterocycles. The molecular formula is C17H14ClFN4O. The molecule has 122 valence electrons. The zero-order valence-corrected chi connectivity index (χ0v) is 13.7. The normalized spacial score (nSPS) is 11.6. The summed E-state index contributed by atoms with van der Waals surface area (Å²) in [5.74, 6) is 1.46. The Kier molecular flexibility index (Phi) is 3.69. The summed E-state index contributed by atoms with van der Waals surface area (Å²) < 4.78 is 20.1. The minimum atomic E-state index is -0.485. The third kappa shape index (κ3) is 2.53. The van der Waals surface area contributed by atoms with Crippen LogP contribution in [0.5, 0.6) is 0 Å². The zero-order chi connectivity index (χ0) is 16.7. The first kappa shape index (κ1) is 15.1. The SMILES string of the molecule is Cc1cc(Cc2nc3cnc4ccc(Cl)cc4c3n2CCF)no1. The van der Waals surface area contributed by atoms with E-state index < -0.39 is 6.67 Å². The molecule has 0 N–H and O–H groups in total. The van der Waals surface area contributed by atoms with E-state index in [9.17, 15) is 4.39 Å². The Hall–Kier alpha value is -2.47. The summed E-state index contributed by atoms with van der Waals surface area (Å²) in [6.07, 6.45) is 2.17. The summed E-state index contributed by atoms with van der Waals surface area (Å²) in [6, 6.07) is 7.33. The van der Waals surface area contributed by atoms with E-state index in [2.05, 4.69) is 15.1 Å². The second-order valence-corrected chi connectivity index (χ2v) is 6.06. The minimum absolute atomic E-state index is 0.217. The molecule has 7 heteroatoms. The predicted molar refractivity (Wildman–Crippen MR) is 90.1 cm³/mol. The third-order valence-electron chi connectivity index (χ3n) is 3.94. The van der Waals surface area contributed by atoms with Crippen molar-refractivity contribution in [1.29, 1.82) is 0 Å². The van der Waals surface area contributed by atoms with Crippen LogP contribution in [0.1, 0.15) is 17.3 Å². The lowest BCUT2D eigenvalue weighted by molar-refractivity contribution is 0.390. The summed E-state index contributed by atoms with van der Waals surface area (Å²) in [6.45, 7) is 1.56. The summed E-state index contributed by atoms with van der Waals surface area (Å²) in [4.78, 5) is 9.04. The first-order valence-corrected chi connectivity index (χ1v) is 7.95. The van der Waals surface area contributed by atoms with Gasteiger partial charge in [0.2, 0.25) is 0 Å². The Morgan fingerprint density at radius 3 is 2.88 bits per heavy atom. The fourth-order valence-corrected chi connectivity index (χ4v) is 3.13. The number of aromatic nitrogens is 4. The van der Waals surface area contributed by atoms with E-state index in [1.54, 1.807) is 12.3 Å². The third-order valence-corrected chi connectivity index (χ3v) is 4.17. The standard InChI is InChI=1S/C17H14ClFN4O/c1-10-6-12(22-24-10)8-16-21-15-9-20-14-3-2-11(18)7-13(14)17(15)23(16)5-4-19/h2-3,6-7,9H,4-5,8H2,1H3. The van der Waals surface area contributed by atoms with E-state index in [1.165, 1.54) is 0 Å². The molecule has 0 atom stereocenters. The molecule has 0 aliphatic heterocycles. The Bertz CT molecular complexity index is 1040. The van der Waals surface area contributed by atoms with Crippen molar-refractivity contribution in [3.63, 3.8) is 0 Å². The molecule has 3 heterocycles. The monoisotopic (exact) mass is 344 g/mol. The highest BCUT2D eigenvalue weighted by Crippen LogP contribution is 2.28. The first-order valence-electron chi connectivity index (χ1n) is 7.57. The van der Waals surface area contributed by atoms with Gasteiger partial charge < -0.3 is 9.09 Å². The maximum Gasteiger partial charge on any atom is 0.133 e. The van der Waals surface area contributed by atoms with Gasteiger partial charge in [0.1, 0.15) is 23.8 Å². The highest BCUT2D eigenvalue weighted by atomic mass is 35.5. The van der Waals surface area contributed by atoms with Gasteiger partial charge in [-0.2, -0.15) is 0 Å². The molecule has 0 saturated carbocycles. The van der Waals surface area contributed by atoms with Crippen LogP contribution in [-0.2, 0) is 13.0 Å². The van der Waals surface area contributed by atoms with Gasteiger partial charge >= 0.3 is 0 Å². The van der Waals surface area contributed by atoms with Crippen molar-refractivity contribution < 1.29 is 8.91 Å². The number of nitrogens with zero attached hydrogens (tertiary/aromatic N) is 4. The van der Waals surface area contributed by atoms with Gasteiger partial charge in [-0.25, -0.2) is 9.37 Å². The Labute approximate surface area is 142 Å². The van der Waals surface area contributed by atoms with Gasteiger partial charge in [0.25, 0.3) is 0 Å². The predicted octanol–water partition coefficient (Wildman–Crippen LogP) is 4.09. The zero-order valence-electron chi connectivity index (χ0n) is 13.0. The molecule has 0 aliphatic rings. The number of aryl methyl sites for hydroxylation is 2. The number of pyridine rings is 1. The number of hydrogen-bond acceptors (Lipinski definition) is 4. The van der Waals surface area contributed by atoms with Crippen LogP contribution in [0, 0.1) is 6.92 Å². The summed E-state index contributed by atoms with van der Waals surface area (Å²) in [7, 11) is 0. The van der Waals surface area contributed by atoms with Crippen molar-refractivity contribution in [2.24, 2.45) is 0 Å². The van der Waals surface area contributed by atoms with Crippen molar-refractivity contribution in [2.75, 3.05) is 6.67 Å². The summed E-state index contributed by atoms with van der Waals surface area (Å²) in [5.41, 5.74) is 3.12. The van der Waals surface area contributed by atoms with Crippen LogP contribution in [0.15, 0.2) is 35.0 Å². The maximum absolute atomic E-state index is 13.2. The van der Waals surface area contributed by atoms with Crippen LogP contribution in [0.3, 0.4) is 0 Å². The van der Waals surface area contributed by atoms with Crippen LogP contribution < -0.4 is 0 Å². The van der Waals surface area contributed by atoms with Gasteiger partial charge in [0.15, 0.2) is 0 Å². The molecule has 0 amide bonds.